The van der Waals surface area contributed by atoms with Crippen LogP contribution in [0.3, 0.4) is 0 Å². The second-order valence-electron chi connectivity index (χ2n) is 3.45. The molecule has 0 fully saturated rings. The molecule has 0 bridgehead atoms. The molecule has 5 nitrogen and oxygen atoms in total. The van der Waals surface area contributed by atoms with Gasteiger partial charge in [-0.25, -0.2) is 13.1 Å². The van der Waals surface area contributed by atoms with Crippen molar-refractivity contribution in [1.82, 2.24) is 15.0 Å². The van der Waals surface area contributed by atoms with Crippen molar-refractivity contribution < 1.29 is 8.42 Å². The van der Waals surface area contributed by atoms with E-state index in [1.807, 2.05) is 6.92 Å². The van der Waals surface area contributed by atoms with Crippen molar-refractivity contribution >= 4 is 21.4 Å². The molecule has 0 saturated carbocycles. The number of sulfonamides is 1. The van der Waals surface area contributed by atoms with Gasteiger partial charge in [0.15, 0.2) is 0 Å². The van der Waals surface area contributed by atoms with E-state index in [0.717, 1.165) is 11.4 Å². The SMILES string of the molecule is CCNCC(C)S(=O)(=O)NCc1cncs1. The summed E-state index contributed by atoms with van der Waals surface area (Å²) < 4.78 is 26.1. The maximum atomic E-state index is 11.8. The fraction of sp³-hybridized carbons (Fsp3) is 0.667. The molecule has 1 aromatic rings. The van der Waals surface area contributed by atoms with Crippen LogP contribution in [0, 0.1) is 0 Å². The molecule has 92 valence electrons. The van der Waals surface area contributed by atoms with Crippen molar-refractivity contribution in [2.24, 2.45) is 0 Å². The Morgan fingerprint density at radius 1 is 1.56 bits per heavy atom. The number of thiazole rings is 1. The first-order valence-electron chi connectivity index (χ1n) is 5.12. The van der Waals surface area contributed by atoms with E-state index in [0.29, 0.717) is 13.1 Å². The summed E-state index contributed by atoms with van der Waals surface area (Å²) in [6.45, 7) is 5.20. The minimum absolute atomic E-state index is 0.323. The molecule has 2 N–H and O–H groups in total. The van der Waals surface area contributed by atoms with Gasteiger partial charge >= 0.3 is 0 Å². The fourth-order valence-electron chi connectivity index (χ4n) is 1.10. The molecule has 0 spiro atoms. The lowest BCUT2D eigenvalue weighted by atomic mass is 10.5. The van der Waals surface area contributed by atoms with Gasteiger partial charge in [-0.3, -0.25) is 4.98 Å². The highest BCUT2D eigenvalue weighted by atomic mass is 32.2. The Kier molecular flexibility index (Phi) is 5.33. The number of hydrogen-bond donors (Lipinski definition) is 2. The summed E-state index contributed by atoms with van der Waals surface area (Å²) in [4.78, 5) is 4.80. The number of rotatable bonds is 7. The third-order valence-electron chi connectivity index (χ3n) is 2.14. The second kappa shape index (κ2) is 6.29. The Morgan fingerprint density at radius 2 is 2.31 bits per heavy atom. The summed E-state index contributed by atoms with van der Waals surface area (Å²) in [5.41, 5.74) is 1.69. The van der Waals surface area contributed by atoms with Crippen molar-refractivity contribution in [3.63, 3.8) is 0 Å². The molecular weight excluding hydrogens is 246 g/mol. The van der Waals surface area contributed by atoms with E-state index in [-0.39, 0.29) is 0 Å². The van der Waals surface area contributed by atoms with Crippen LogP contribution in [-0.2, 0) is 16.6 Å². The van der Waals surface area contributed by atoms with Crippen molar-refractivity contribution in [3.8, 4) is 0 Å². The first kappa shape index (κ1) is 13.6. The van der Waals surface area contributed by atoms with Gasteiger partial charge in [0.25, 0.3) is 0 Å². The normalized spacial score (nSPS) is 13.9. The Hall–Kier alpha value is -0.500. The maximum Gasteiger partial charge on any atom is 0.215 e. The number of nitrogens with zero attached hydrogens (tertiary/aromatic N) is 1. The standard InChI is InChI=1S/C9H17N3O2S2/c1-3-10-4-8(2)16(13,14)12-6-9-5-11-7-15-9/h5,7-8,10,12H,3-4,6H2,1-2H3. The van der Waals surface area contributed by atoms with Crippen LogP contribution >= 0.6 is 11.3 Å². The monoisotopic (exact) mass is 263 g/mol. The Balaban J connectivity index is 2.45. The lowest BCUT2D eigenvalue weighted by Gasteiger charge is -2.13. The Morgan fingerprint density at radius 3 is 2.88 bits per heavy atom. The van der Waals surface area contributed by atoms with Crippen molar-refractivity contribution in [1.29, 1.82) is 0 Å². The van der Waals surface area contributed by atoms with Gasteiger partial charge in [0, 0.05) is 24.2 Å². The number of aromatic nitrogens is 1. The fourth-order valence-corrected chi connectivity index (χ4v) is 2.70. The molecule has 16 heavy (non-hydrogen) atoms. The van der Waals surface area contributed by atoms with Gasteiger partial charge in [0.2, 0.25) is 10.0 Å². The first-order valence-corrected chi connectivity index (χ1v) is 7.55. The third-order valence-corrected chi connectivity index (χ3v) is 4.69. The molecule has 0 aliphatic rings. The van der Waals surface area contributed by atoms with Gasteiger partial charge in [0.05, 0.1) is 10.8 Å². The van der Waals surface area contributed by atoms with Crippen LogP contribution in [0.4, 0.5) is 0 Å². The minimum atomic E-state index is -3.24. The zero-order valence-electron chi connectivity index (χ0n) is 9.43. The molecular formula is C9H17N3O2S2. The van der Waals surface area contributed by atoms with Crippen LogP contribution in [0.2, 0.25) is 0 Å². The van der Waals surface area contributed by atoms with Crippen LogP contribution in [0.15, 0.2) is 11.7 Å². The predicted molar refractivity (Wildman–Crippen MR) is 65.9 cm³/mol. The Bertz CT molecular complexity index is 389. The second-order valence-corrected chi connectivity index (χ2v) is 6.61. The van der Waals surface area contributed by atoms with E-state index in [1.54, 1.807) is 18.6 Å². The average molecular weight is 263 g/mol. The van der Waals surface area contributed by atoms with Crippen LogP contribution in [0.1, 0.15) is 18.7 Å². The molecule has 1 atom stereocenters. The molecule has 0 amide bonds. The van der Waals surface area contributed by atoms with Gasteiger partial charge in [-0.05, 0) is 13.5 Å². The summed E-state index contributed by atoms with van der Waals surface area (Å²) in [5.74, 6) is 0. The molecule has 1 aromatic heterocycles. The van der Waals surface area contributed by atoms with Crippen molar-refractivity contribution in [2.45, 2.75) is 25.6 Å². The van der Waals surface area contributed by atoms with Gasteiger partial charge in [-0.15, -0.1) is 11.3 Å². The molecule has 0 radical (unpaired) electrons. The van der Waals surface area contributed by atoms with Crippen molar-refractivity contribution in [3.05, 3.63) is 16.6 Å². The van der Waals surface area contributed by atoms with Crippen molar-refractivity contribution in [2.75, 3.05) is 13.1 Å². The zero-order chi connectivity index (χ0) is 12.0. The molecule has 1 heterocycles. The first-order chi connectivity index (χ1) is 7.56. The molecule has 0 aromatic carbocycles. The molecule has 7 heteroatoms. The van der Waals surface area contributed by atoms with E-state index in [1.165, 1.54) is 11.3 Å². The molecule has 0 aliphatic carbocycles. The highest BCUT2D eigenvalue weighted by Crippen LogP contribution is 2.06. The lowest BCUT2D eigenvalue weighted by molar-refractivity contribution is 0.560. The third kappa shape index (κ3) is 4.17. The van der Waals surface area contributed by atoms with Gasteiger partial charge < -0.3 is 5.32 Å². The number of nitrogens with one attached hydrogen (secondary N) is 2. The largest absolute Gasteiger partial charge is 0.316 e. The molecule has 1 unspecified atom stereocenters. The van der Waals surface area contributed by atoms with E-state index >= 15 is 0 Å². The van der Waals surface area contributed by atoms with E-state index in [4.69, 9.17) is 0 Å². The molecule has 1 rings (SSSR count). The van der Waals surface area contributed by atoms with Gasteiger partial charge in [0.1, 0.15) is 0 Å². The number of hydrogen-bond acceptors (Lipinski definition) is 5. The minimum Gasteiger partial charge on any atom is -0.316 e. The van der Waals surface area contributed by atoms with E-state index < -0.39 is 15.3 Å². The summed E-state index contributed by atoms with van der Waals surface area (Å²) >= 11 is 1.44. The Labute approximate surface area is 100 Å². The highest BCUT2D eigenvalue weighted by molar-refractivity contribution is 7.90. The lowest BCUT2D eigenvalue weighted by Crippen LogP contribution is -2.38. The average Bonchev–Trinajstić information content (AvgIpc) is 2.76. The highest BCUT2D eigenvalue weighted by Gasteiger charge is 2.19. The smallest absolute Gasteiger partial charge is 0.215 e. The van der Waals surface area contributed by atoms with E-state index in [2.05, 4.69) is 15.0 Å². The van der Waals surface area contributed by atoms with Gasteiger partial charge in [-0.2, -0.15) is 0 Å². The summed E-state index contributed by atoms with van der Waals surface area (Å²) in [7, 11) is -3.24. The summed E-state index contributed by atoms with van der Waals surface area (Å²) in [5, 5.41) is 2.59. The van der Waals surface area contributed by atoms with Crippen LogP contribution in [-0.4, -0.2) is 31.7 Å². The topological polar surface area (TPSA) is 71.1 Å². The molecule has 0 saturated heterocycles. The predicted octanol–water partition coefficient (Wildman–Crippen LogP) is 0.560. The maximum absolute atomic E-state index is 11.8. The van der Waals surface area contributed by atoms with Crippen LogP contribution in [0.25, 0.3) is 0 Å². The van der Waals surface area contributed by atoms with Crippen LogP contribution < -0.4 is 10.0 Å². The molecule has 0 aliphatic heterocycles. The summed E-state index contributed by atoms with van der Waals surface area (Å²) in [6.07, 6.45) is 1.67. The summed E-state index contributed by atoms with van der Waals surface area (Å²) in [6, 6.07) is 0. The zero-order valence-corrected chi connectivity index (χ0v) is 11.1. The van der Waals surface area contributed by atoms with Gasteiger partial charge in [-0.1, -0.05) is 6.92 Å². The van der Waals surface area contributed by atoms with E-state index in [9.17, 15) is 8.42 Å². The quantitative estimate of drug-likeness (QED) is 0.754. The van der Waals surface area contributed by atoms with Crippen LogP contribution in [0.5, 0.6) is 0 Å².